The van der Waals surface area contributed by atoms with Gasteiger partial charge in [-0.15, -0.1) is 11.8 Å². The van der Waals surface area contributed by atoms with E-state index in [-0.39, 0.29) is 11.8 Å². The average Bonchev–Trinajstić information content (AvgIpc) is 2.78. The number of hydrogen-bond acceptors (Lipinski definition) is 3. The predicted octanol–water partition coefficient (Wildman–Crippen LogP) is 5.34. The molecule has 0 heterocycles. The first-order valence-electron chi connectivity index (χ1n) is 11.0. The summed E-state index contributed by atoms with van der Waals surface area (Å²) in [6, 6.07) is 17.3. The Morgan fingerprint density at radius 2 is 1.74 bits per heavy atom. The third-order valence-electron chi connectivity index (χ3n) is 5.11. The zero-order valence-corrected chi connectivity index (χ0v) is 20.1. The van der Waals surface area contributed by atoms with Crippen LogP contribution in [0.15, 0.2) is 54.6 Å². The van der Waals surface area contributed by atoms with Gasteiger partial charge in [0.05, 0.1) is 5.75 Å². The molecule has 0 spiro atoms. The summed E-state index contributed by atoms with van der Waals surface area (Å²) in [4.78, 5) is 27.7. The summed E-state index contributed by atoms with van der Waals surface area (Å²) in [5.74, 6) is 1.03. The summed E-state index contributed by atoms with van der Waals surface area (Å²) in [6.45, 7) is 5.24. The molecule has 0 saturated heterocycles. The van der Waals surface area contributed by atoms with Crippen LogP contribution in [0.4, 0.5) is 0 Å². The quantitative estimate of drug-likeness (QED) is 0.410. The molecule has 6 heteroatoms. The summed E-state index contributed by atoms with van der Waals surface area (Å²) >= 11 is 7.51. The number of hydrogen-bond donors (Lipinski definition) is 1. The van der Waals surface area contributed by atoms with Gasteiger partial charge in [-0.3, -0.25) is 9.59 Å². The van der Waals surface area contributed by atoms with Crippen molar-refractivity contribution in [3.63, 3.8) is 0 Å². The molecule has 0 saturated carbocycles. The Balaban J connectivity index is 2.02. The molecule has 0 aliphatic heterocycles. The molecule has 0 bridgehead atoms. The third kappa shape index (κ3) is 8.96. The Bertz CT molecular complexity index is 799. The molecule has 1 atom stereocenters. The number of unbranched alkanes of at least 4 members (excludes halogenated alkanes) is 1. The number of carbonyl (C=O) groups excluding carboxylic acids is 2. The largest absolute Gasteiger partial charge is 0.354 e. The van der Waals surface area contributed by atoms with E-state index in [4.69, 9.17) is 11.6 Å². The molecule has 0 aromatic heterocycles. The zero-order chi connectivity index (χ0) is 22.5. The maximum absolute atomic E-state index is 13.1. The third-order valence-corrected chi connectivity index (χ3v) is 6.35. The van der Waals surface area contributed by atoms with E-state index in [1.165, 1.54) is 0 Å². The predicted molar refractivity (Wildman–Crippen MR) is 131 cm³/mol. The van der Waals surface area contributed by atoms with Crippen molar-refractivity contribution in [3.8, 4) is 0 Å². The first-order chi connectivity index (χ1) is 15.0. The van der Waals surface area contributed by atoms with Gasteiger partial charge in [0.1, 0.15) is 6.04 Å². The molecule has 2 amide bonds. The number of carbonyl (C=O) groups is 2. The maximum atomic E-state index is 13.1. The summed E-state index contributed by atoms with van der Waals surface area (Å²) in [5, 5.41) is 3.71. The lowest BCUT2D eigenvalue weighted by Gasteiger charge is -2.30. The second kappa shape index (κ2) is 14.2. The van der Waals surface area contributed by atoms with Crippen LogP contribution in [0.3, 0.4) is 0 Å². The number of benzene rings is 2. The summed E-state index contributed by atoms with van der Waals surface area (Å²) in [7, 11) is 0. The van der Waals surface area contributed by atoms with Crippen molar-refractivity contribution >= 4 is 35.2 Å². The van der Waals surface area contributed by atoms with Crippen molar-refractivity contribution in [1.82, 2.24) is 10.2 Å². The minimum atomic E-state index is -0.441. The van der Waals surface area contributed by atoms with Gasteiger partial charge in [0, 0.05) is 23.9 Å². The SMILES string of the molecule is CCCCNC(=O)[C@@H](CC)N(CCc1ccccc1)C(=O)CSCc1ccc(Cl)cc1. The zero-order valence-electron chi connectivity index (χ0n) is 18.5. The highest BCUT2D eigenvalue weighted by molar-refractivity contribution is 7.99. The molecule has 2 aromatic carbocycles. The first-order valence-corrected chi connectivity index (χ1v) is 12.5. The lowest BCUT2D eigenvalue weighted by molar-refractivity contribution is -0.138. The number of rotatable bonds is 13. The summed E-state index contributed by atoms with van der Waals surface area (Å²) in [5.41, 5.74) is 2.29. The minimum Gasteiger partial charge on any atom is -0.354 e. The number of amides is 2. The number of nitrogens with one attached hydrogen (secondary N) is 1. The van der Waals surface area contributed by atoms with Crippen LogP contribution in [0.2, 0.25) is 5.02 Å². The van der Waals surface area contributed by atoms with Crippen LogP contribution >= 0.6 is 23.4 Å². The molecule has 4 nitrogen and oxygen atoms in total. The highest BCUT2D eigenvalue weighted by Crippen LogP contribution is 2.17. The Kier molecular flexibility index (Phi) is 11.5. The van der Waals surface area contributed by atoms with Crippen LogP contribution in [-0.4, -0.2) is 41.6 Å². The fourth-order valence-corrected chi connectivity index (χ4v) is 4.32. The van der Waals surface area contributed by atoms with Crippen LogP contribution < -0.4 is 5.32 Å². The lowest BCUT2D eigenvalue weighted by atomic mass is 10.1. The van der Waals surface area contributed by atoms with E-state index in [0.29, 0.717) is 30.3 Å². The highest BCUT2D eigenvalue weighted by atomic mass is 35.5. The van der Waals surface area contributed by atoms with E-state index in [0.717, 1.165) is 36.1 Å². The van der Waals surface area contributed by atoms with Crippen LogP contribution in [0.1, 0.15) is 44.2 Å². The Morgan fingerprint density at radius 1 is 1.03 bits per heavy atom. The van der Waals surface area contributed by atoms with Crippen molar-refractivity contribution in [2.75, 3.05) is 18.8 Å². The van der Waals surface area contributed by atoms with Crippen LogP contribution in [0.5, 0.6) is 0 Å². The fourth-order valence-electron chi connectivity index (χ4n) is 3.32. The van der Waals surface area contributed by atoms with Gasteiger partial charge in [-0.1, -0.05) is 74.3 Å². The van der Waals surface area contributed by atoms with Gasteiger partial charge >= 0.3 is 0 Å². The fraction of sp³-hybridized carbons (Fsp3) is 0.440. The molecule has 1 N–H and O–H groups in total. The van der Waals surface area contributed by atoms with Crippen molar-refractivity contribution in [1.29, 1.82) is 0 Å². The standard InChI is InChI=1S/C25H33ClN2O2S/c1-3-5-16-27-25(30)23(4-2)28(17-15-20-9-7-6-8-10-20)24(29)19-31-18-21-11-13-22(26)14-12-21/h6-14,23H,3-5,15-19H2,1-2H3,(H,27,30)/t23-/m1/s1. The monoisotopic (exact) mass is 460 g/mol. The molecule has 168 valence electrons. The topological polar surface area (TPSA) is 49.4 Å². The van der Waals surface area contributed by atoms with E-state index in [1.54, 1.807) is 16.7 Å². The second-order valence-corrected chi connectivity index (χ2v) is 8.93. The molecule has 0 fully saturated rings. The average molecular weight is 461 g/mol. The molecule has 0 radical (unpaired) electrons. The Labute approximate surface area is 195 Å². The molecule has 0 aliphatic carbocycles. The van der Waals surface area contributed by atoms with Crippen molar-refractivity contribution in [3.05, 3.63) is 70.7 Å². The smallest absolute Gasteiger partial charge is 0.242 e. The van der Waals surface area contributed by atoms with Crippen molar-refractivity contribution in [2.24, 2.45) is 0 Å². The molecular weight excluding hydrogens is 428 g/mol. The van der Waals surface area contributed by atoms with E-state index in [1.807, 2.05) is 49.4 Å². The maximum Gasteiger partial charge on any atom is 0.242 e. The number of thioether (sulfide) groups is 1. The first kappa shape index (κ1) is 25.3. The van der Waals surface area contributed by atoms with Crippen LogP contribution in [0.25, 0.3) is 0 Å². The van der Waals surface area contributed by atoms with E-state index < -0.39 is 6.04 Å². The summed E-state index contributed by atoms with van der Waals surface area (Å²) < 4.78 is 0. The van der Waals surface area contributed by atoms with Crippen molar-refractivity contribution < 1.29 is 9.59 Å². The van der Waals surface area contributed by atoms with Gasteiger partial charge in [-0.2, -0.15) is 0 Å². The van der Waals surface area contributed by atoms with Crippen LogP contribution in [-0.2, 0) is 21.8 Å². The highest BCUT2D eigenvalue weighted by Gasteiger charge is 2.27. The molecule has 0 aliphatic rings. The summed E-state index contributed by atoms with van der Waals surface area (Å²) in [6.07, 6.45) is 3.29. The molecule has 0 unspecified atom stereocenters. The molecular formula is C25H33ClN2O2S. The Morgan fingerprint density at radius 3 is 2.39 bits per heavy atom. The Hall–Kier alpha value is -1.98. The van der Waals surface area contributed by atoms with E-state index in [2.05, 4.69) is 24.4 Å². The molecule has 31 heavy (non-hydrogen) atoms. The van der Waals surface area contributed by atoms with Gasteiger partial charge in [0.15, 0.2) is 0 Å². The molecule has 2 aromatic rings. The van der Waals surface area contributed by atoms with Gasteiger partial charge < -0.3 is 10.2 Å². The van der Waals surface area contributed by atoms with Crippen LogP contribution in [0, 0.1) is 0 Å². The second-order valence-electron chi connectivity index (χ2n) is 7.51. The van der Waals surface area contributed by atoms with E-state index >= 15 is 0 Å². The lowest BCUT2D eigenvalue weighted by Crippen LogP contribution is -2.50. The van der Waals surface area contributed by atoms with Gasteiger partial charge in [-0.25, -0.2) is 0 Å². The number of halogens is 1. The van der Waals surface area contributed by atoms with Gasteiger partial charge in [0.2, 0.25) is 11.8 Å². The normalized spacial score (nSPS) is 11.7. The van der Waals surface area contributed by atoms with E-state index in [9.17, 15) is 9.59 Å². The minimum absolute atomic E-state index is 0.00684. The number of nitrogens with zero attached hydrogens (tertiary/aromatic N) is 1. The van der Waals surface area contributed by atoms with Crippen molar-refractivity contribution in [2.45, 2.75) is 51.3 Å². The van der Waals surface area contributed by atoms with Gasteiger partial charge in [0.25, 0.3) is 0 Å². The molecule has 2 rings (SSSR count). The van der Waals surface area contributed by atoms with Gasteiger partial charge in [-0.05, 0) is 42.5 Å².